The van der Waals surface area contributed by atoms with Gasteiger partial charge in [0.1, 0.15) is 11.0 Å². The van der Waals surface area contributed by atoms with Crippen LogP contribution in [0, 0.1) is 0 Å². The molecule has 0 spiro atoms. The second-order valence-corrected chi connectivity index (χ2v) is 7.18. The highest BCUT2D eigenvalue weighted by atomic mass is 32.2. The molecule has 100 valence electrons. The number of hydrogen-bond donors (Lipinski definition) is 0. The summed E-state index contributed by atoms with van der Waals surface area (Å²) in [7, 11) is 0.237. The van der Waals surface area contributed by atoms with Gasteiger partial charge in [-0.2, -0.15) is 0 Å². The summed E-state index contributed by atoms with van der Waals surface area (Å²) in [6.45, 7) is 0. The lowest BCUT2D eigenvalue weighted by Gasteiger charge is -2.17. The number of hydrogen-bond acceptors (Lipinski definition) is 0. The molecule has 3 rings (SSSR count). The molecule has 2 aromatic carbocycles. The summed E-state index contributed by atoms with van der Waals surface area (Å²) in [4.78, 5) is 1.47. The fourth-order valence-electron chi connectivity index (χ4n) is 2.48. The van der Waals surface area contributed by atoms with Crippen molar-refractivity contribution in [2.75, 3.05) is 0 Å². The summed E-state index contributed by atoms with van der Waals surface area (Å²) in [6.07, 6.45) is 10.2. The van der Waals surface area contributed by atoms with Crippen LogP contribution in [-0.2, 0) is 16.6 Å². The predicted octanol–water partition coefficient (Wildman–Crippen LogP) is 4.75. The van der Waals surface area contributed by atoms with E-state index in [-0.39, 0.29) is 10.9 Å². The molecule has 1 heteroatoms. The molecular weight excluding hydrogens is 260 g/mol. The molecule has 2 aromatic rings. The van der Waals surface area contributed by atoms with Crippen LogP contribution < -0.4 is 0 Å². The Morgan fingerprint density at radius 3 is 2.20 bits per heavy atom. The Morgan fingerprint density at radius 2 is 1.55 bits per heavy atom. The van der Waals surface area contributed by atoms with Gasteiger partial charge in [0, 0.05) is 22.9 Å². The molecule has 2 unspecified atom stereocenters. The van der Waals surface area contributed by atoms with Crippen LogP contribution in [0.5, 0.6) is 0 Å². The summed E-state index contributed by atoms with van der Waals surface area (Å²) < 4.78 is 0. The van der Waals surface area contributed by atoms with Crippen LogP contribution in [0.4, 0.5) is 0 Å². The van der Waals surface area contributed by atoms with E-state index in [0.29, 0.717) is 5.25 Å². The predicted molar refractivity (Wildman–Crippen MR) is 88.9 cm³/mol. The van der Waals surface area contributed by atoms with Gasteiger partial charge in [0.05, 0.1) is 0 Å². The monoisotopic (exact) mass is 279 g/mol. The maximum atomic E-state index is 2.37. The molecule has 1 aliphatic rings. The largest absolute Gasteiger partial charge is 0.155 e. The third-order valence-corrected chi connectivity index (χ3v) is 6.12. The highest BCUT2D eigenvalue weighted by molar-refractivity contribution is 7.97. The van der Waals surface area contributed by atoms with E-state index < -0.39 is 0 Å². The Morgan fingerprint density at radius 1 is 0.850 bits per heavy atom. The average Bonchev–Trinajstić information content (AvgIpc) is 2.55. The van der Waals surface area contributed by atoms with Crippen LogP contribution in [0.3, 0.4) is 0 Å². The molecule has 1 aliphatic carbocycles. The molecule has 0 saturated carbocycles. The summed E-state index contributed by atoms with van der Waals surface area (Å²) in [6, 6.07) is 21.8. The van der Waals surface area contributed by atoms with Gasteiger partial charge in [-0.15, -0.1) is 0 Å². The van der Waals surface area contributed by atoms with Crippen molar-refractivity contribution in [3.05, 3.63) is 90.5 Å². The van der Waals surface area contributed by atoms with Gasteiger partial charge in [0.2, 0.25) is 0 Å². The van der Waals surface area contributed by atoms with Crippen molar-refractivity contribution < 1.29 is 0 Å². The van der Waals surface area contributed by atoms with Gasteiger partial charge in [0.15, 0.2) is 4.90 Å². The van der Waals surface area contributed by atoms with E-state index in [4.69, 9.17) is 0 Å². The Labute approximate surface area is 124 Å². The van der Waals surface area contributed by atoms with Crippen molar-refractivity contribution in [2.45, 2.75) is 22.3 Å². The van der Waals surface area contributed by atoms with Crippen LogP contribution in [0.25, 0.3) is 0 Å². The molecule has 0 aromatic heterocycles. The first-order valence-corrected chi connectivity index (χ1v) is 8.51. The molecule has 0 aliphatic heterocycles. The lowest BCUT2D eigenvalue weighted by molar-refractivity contribution is 1.03. The zero-order valence-corrected chi connectivity index (χ0v) is 12.3. The smallest absolute Gasteiger partial charge is 0.0792 e. The summed E-state index contributed by atoms with van der Waals surface area (Å²) in [5.74, 6) is 1.13. The SMILES string of the molecule is C1=CCC([S+](Cc2ccccc2)c2ccccc2)C=C1. The molecule has 0 fully saturated rings. The van der Waals surface area contributed by atoms with Gasteiger partial charge in [0.25, 0.3) is 0 Å². The zero-order chi connectivity index (χ0) is 13.6. The Balaban J connectivity index is 1.87. The first-order chi connectivity index (χ1) is 9.93. The van der Waals surface area contributed by atoms with E-state index in [1.165, 1.54) is 10.5 Å². The van der Waals surface area contributed by atoms with E-state index in [1.54, 1.807) is 0 Å². The highest BCUT2D eigenvalue weighted by Gasteiger charge is 2.31. The van der Waals surface area contributed by atoms with Crippen molar-refractivity contribution in [3.8, 4) is 0 Å². The molecule has 0 amide bonds. The van der Waals surface area contributed by atoms with Gasteiger partial charge in [-0.25, -0.2) is 0 Å². The fraction of sp³-hybridized carbons (Fsp3) is 0.158. The van der Waals surface area contributed by atoms with E-state index in [1.807, 2.05) is 0 Å². The molecule has 0 radical (unpaired) electrons. The van der Waals surface area contributed by atoms with Crippen molar-refractivity contribution >= 4 is 10.9 Å². The van der Waals surface area contributed by atoms with Crippen LogP contribution in [0.15, 0.2) is 89.9 Å². The second-order valence-electron chi connectivity index (χ2n) is 4.96. The van der Waals surface area contributed by atoms with Gasteiger partial charge >= 0.3 is 0 Å². The molecule has 0 saturated heterocycles. The molecule has 0 nitrogen and oxygen atoms in total. The average molecular weight is 279 g/mol. The molecule has 2 atom stereocenters. The number of rotatable bonds is 4. The fourth-order valence-corrected chi connectivity index (χ4v) is 4.90. The molecule has 0 bridgehead atoms. The first kappa shape index (κ1) is 13.3. The Hall–Kier alpha value is -1.73. The summed E-state index contributed by atoms with van der Waals surface area (Å²) >= 11 is 0. The summed E-state index contributed by atoms with van der Waals surface area (Å²) in [5, 5.41) is 0.627. The maximum Gasteiger partial charge on any atom is 0.155 e. The van der Waals surface area contributed by atoms with E-state index in [9.17, 15) is 0 Å². The Kier molecular flexibility index (Phi) is 4.39. The number of allylic oxidation sites excluding steroid dienone is 3. The van der Waals surface area contributed by atoms with Crippen LogP contribution in [0.1, 0.15) is 12.0 Å². The van der Waals surface area contributed by atoms with Gasteiger partial charge in [-0.3, -0.25) is 0 Å². The van der Waals surface area contributed by atoms with Gasteiger partial charge < -0.3 is 0 Å². The minimum Gasteiger partial charge on any atom is -0.0792 e. The highest BCUT2D eigenvalue weighted by Crippen LogP contribution is 2.27. The van der Waals surface area contributed by atoms with E-state index in [0.717, 1.165) is 12.2 Å². The minimum absolute atomic E-state index is 0.237. The lowest BCUT2D eigenvalue weighted by atomic mass is 10.2. The number of benzene rings is 2. The molecular formula is C19H19S+. The first-order valence-electron chi connectivity index (χ1n) is 7.05. The minimum atomic E-state index is 0.237. The van der Waals surface area contributed by atoms with E-state index in [2.05, 4.69) is 85.0 Å². The third kappa shape index (κ3) is 3.23. The van der Waals surface area contributed by atoms with Crippen molar-refractivity contribution in [1.82, 2.24) is 0 Å². The molecule has 20 heavy (non-hydrogen) atoms. The molecule has 0 N–H and O–H groups in total. The third-order valence-electron chi connectivity index (χ3n) is 3.52. The van der Waals surface area contributed by atoms with Crippen LogP contribution >= 0.6 is 0 Å². The Bertz CT molecular complexity index is 584. The van der Waals surface area contributed by atoms with Crippen LogP contribution in [0.2, 0.25) is 0 Å². The lowest BCUT2D eigenvalue weighted by Crippen LogP contribution is -2.22. The normalized spacial score (nSPS) is 18.9. The summed E-state index contributed by atoms with van der Waals surface area (Å²) in [5.41, 5.74) is 1.43. The van der Waals surface area contributed by atoms with Crippen molar-refractivity contribution in [3.63, 3.8) is 0 Å². The maximum absolute atomic E-state index is 2.37. The van der Waals surface area contributed by atoms with Crippen LogP contribution in [-0.4, -0.2) is 5.25 Å². The van der Waals surface area contributed by atoms with Crippen molar-refractivity contribution in [1.29, 1.82) is 0 Å². The molecule has 0 heterocycles. The standard InChI is InChI=1S/C19H19S/c1-4-10-17(11-5-1)16-20(18-12-6-2-7-13-18)19-14-8-3-9-15-19/h1-14,19H,15-16H2/q+1. The van der Waals surface area contributed by atoms with Crippen molar-refractivity contribution in [2.24, 2.45) is 0 Å². The van der Waals surface area contributed by atoms with E-state index >= 15 is 0 Å². The quantitative estimate of drug-likeness (QED) is 0.709. The van der Waals surface area contributed by atoms with Gasteiger partial charge in [-0.1, -0.05) is 66.8 Å². The van der Waals surface area contributed by atoms with Gasteiger partial charge in [-0.05, 0) is 18.2 Å². The second kappa shape index (κ2) is 6.62. The topological polar surface area (TPSA) is 0 Å². The zero-order valence-electron chi connectivity index (χ0n) is 11.5.